The molecule has 140 valence electrons. The number of aryl methyl sites for hydroxylation is 2. The van der Waals surface area contributed by atoms with Gasteiger partial charge in [0.05, 0.1) is 24.4 Å². The van der Waals surface area contributed by atoms with E-state index in [0.29, 0.717) is 18.1 Å². The average molecular weight is 367 g/mol. The molecule has 0 saturated carbocycles. The number of aromatic nitrogens is 3. The quantitative estimate of drug-likeness (QED) is 0.490. The number of benzene rings is 1. The molecule has 0 aliphatic heterocycles. The van der Waals surface area contributed by atoms with Crippen molar-refractivity contribution in [3.63, 3.8) is 0 Å². The molecule has 1 aliphatic rings. The Hall–Kier alpha value is -2.76. The van der Waals surface area contributed by atoms with Gasteiger partial charge in [-0.3, -0.25) is 9.20 Å². The molecule has 6 heteroatoms. The summed E-state index contributed by atoms with van der Waals surface area (Å²) in [6.07, 6.45) is 7.01. The molecule has 0 spiro atoms. The van der Waals surface area contributed by atoms with Crippen molar-refractivity contribution in [2.45, 2.75) is 45.4 Å². The van der Waals surface area contributed by atoms with E-state index in [1.54, 1.807) is 12.1 Å². The van der Waals surface area contributed by atoms with Crippen LogP contribution in [0, 0.1) is 5.82 Å². The molecular formula is C21H22FN3O2. The molecule has 0 fully saturated rings. The van der Waals surface area contributed by atoms with Crippen LogP contribution in [0.3, 0.4) is 0 Å². The summed E-state index contributed by atoms with van der Waals surface area (Å²) in [5.74, 6) is -0.0133. The first kappa shape index (κ1) is 17.6. The van der Waals surface area contributed by atoms with E-state index in [1.807, 2.05) is 10.6 Å². The molecule has 2 aromatic heterocycles. The summed E-state index contributed by atoms with van der Waals surface area (Å²) in [6.45, 7) is 2.47. The molecule has 0 amide bonds. The van der Waals surface area contributed by atoms with Crippen LogP contribution in [0.15, 0.2) is 30.5 Å². The first-order valence-electron chi connectivity index (χ1n) is 9.47. The van der Waals surface area contributed by atoms with E-state index >= 15 is 0 Å². The third-order valence-electron chi connectivity index (χ3n) is 4.93. The second-order valence-corrected chi connectivity index (χ2v) is 6.90. The second kappa shape index (κ2) is 7.47. The third kappa shape index (κ3) is 3.56. The maximum absolute atomic E-state index is 13.3. The summed E-state index contributed by atoms with van der Waals surface area (Å²) >= 11 is 0. The Morgan fingerprint density at radius 3 is 2.81 bits per heavy atom. The minimum absolute atomic E-state index is 0.109. The van der Waals surface area contributed by atoms with Crippen molar-refractivity contribution in [3.05, 3.63) is 53.2 Å². The van der Waals surface area contributed by atoms with Gasteiger partial charge in [-0.25, -0.2) is 14.4 Å². The minimum atomic E-state index is -0.305. The monoisotopic (exact) mass is 367 g/mol. The topological polar surface area (TPSA) is 56.5 Å². The van der Waals surface area contributed by atoms with Gasteiger partial charge in [-0.1, -0.05) is 13.3 Å². The van der Waals surface area contributed by atoms with Gasteiger partial charge in [-0.2, -0.15) is 0 Å². The zero-order valence-corrected chi connectivity index (χ0v) is 15.4. The fourth-order valence-electron chi connectivity index (χ4n) is 3.49. The Kier molecular flexibility index (Phi) is 4.88. The van der Waals surface area contributed by atoms with Gasteiger partial charge in [-0.05, 0) is 55.5 Å². The van der Waals surface area contributed by atoms with E-state index in [1.165, 1.54) is 17.7 Å². The zero-order valence-electron chi connectivity index (χ0n) is 15.4. The van der Waals surface area contributed by atoms with E-state index < -0.39 is 0 Å². The van der Waals surface area contributed by atoms with Crippen molar-refractivity contribution < 1.29 is 13.9 Å². The summed E-state index contributed by atoms with van der Waals surface area (Å²) in [4.78, 5) is 21.7. The summed E-state index contributed by atoms with van der Waals surface area (Å²) < 4.78 is 20.6. The van der Waals surface area contributed by atoms with Crippen LogP contribution in [0.5, 0.6) is 0 Å². The van der Waals surface area contributed by atoms with Gasteiger partial charge in [0.25, 0.3) is 0 Å². The number of unbranched alkanes of at least 4 members (excludes halogenated alkanes) is 1. The molecule has 3 aromatic rings. The molecule has 1 aliphatic carbocycles. The Balaban J connectivity index is 1.76. The number of hydrogen-bond donors (Lipinski definition) is 0. The third-order valence-corrected chi connectivity index (χ3v) is 4.93. The number of halogens is 1. The highest BCUT2D eigenvalue weighted by Gasteiger charge is 2.22. The van der Waals surface area contributed by atoms with Crippen molar-refractivity contribution in [1.29, 1.82) is 0 Å². The van der Waals surface area contributed by atoms with Crippen LogP contribution in [0.2, 0.25) is 0 Å². The molecule has 0 unspecified atom stereocenters. The van der Waals surface area contributed by atoms with Crippen LogP contribution in [0.25, 0.3) is 17.0 Å². The number of ether oxygens (including phenoxy) is 1. The van der Waals surface area contributed by atoms with Gasteiger partial charge >= 0.3 is 5.97 Å². The molecule has 2 heterocycles. The van der Waals surface area contributed by atoms with Crippen LogP contribution >= 0.6 is 0 Å². The molecule has 0 atom stereocenters. The van der Waals surface area contributed by atoms with Gasteiger partial charge in [0, 0.05) is 17.5 Å². The standard InChI is InChI=1S/C21H22FN3O2/c1-2-3-11-27-19(26)12-18-20(14-7-9-16(22)10-8-14)24-21-23-17-6-4-5-15(17)13-25(18)21/h7-10,13H,2-6,11-12H2,1H3. The van der Waals surface area contributed by atoms with Crippen molar-refractivity contribution >= 4 is 11.7 Å². The molecule has 1 aromatic carbocycles. The fraction of sp³-hybridized carbons (Fsp3) is 0.381. The van der Waals surface area contributed by atoms with Crippen molar-refractivity contribution in [1.82, 2.24) is 14.4 Å². The van der Waals surface area contributed by atoms with E-state index in [4.69, 9.17) is 4.74 Å². The van der Waals surface area contributed by atoms with Crippen LogP contribution in [0.4, 0.5) is 4.39 Å². The van der Waals surface area contributed by atoms with E-state index in [2.05, 4.69) is 16.9 Å². The summed E-state index contributed by atoms with van der Waals surface area (Å²) in [6, 6.07) is 6.15. The van der Waals surface area contributed by atoms with E-state index in [-0.39, 0.29) is 18.2 Å². The number of hydrogen-bond acceptors (Lipinski definition) is 4. The van der Waals surface area contributed by atoms with Gasteiger partial charge in [0.1, 0.15) is 5.82 Å². The maximum atomic E-state index is 13.3. The lowest BCUT2D eigenvalue weighted by atomic mass is 10.1. The second-order valence-electron chi connectivity index (χ2n) is 6.90. The van der Waals surface area contributed by atoms with Gasteiger partial charge in [0.15, 0.2) is 0 Å². The molecule has 5 nitrogen and oxygen atoms in total. The van der Waals surface area contributed by atoms with Crippen LogP contribution in [-0.4, -0.2) is 26.9 Å². The molecular weight excluding hydrogens is 345 g/mol. The normalized spacial score (nSPS) is 13.1. The van der Waals surface area contributed by atoms with Crippen molar-refractivity contribution in [2.75, 3.05) is 6.61 Å². The molecule has 4 rings (SSSR count). The highest BCUT2D eigenvalue weighted by atomic mass is 19.1. The Morgan fingerprint density at radius 1 is 1.22 bits per heavy atom. The lowest BCUT2D eigenvalue weighted by Gasteiger charge is -2.07. The number of carbonyl (C=O) groups is 1. The highest BCUT2D eigenvalue weighted by Crippen LogP contribution is 2.28. The van der Waals surface area contributed by atoms with Gasteiger partial charge in [0.2, 0.25) is 5.78 Å². The van der Waals surface area contributed by atoms with Crippen LogP contribution < -0.4 is 0 Å². The average Bonchev–Trinajstić information content (AvgIpc) is 3.25. The molecule has 0 saturated heterocycles. The van der Waals surface area contributed by atoms with Gasteiger partial charge in [-0.15, -0.1) is 0 Å². The smallest absolute Gasteiger partial charge is 0.311 e. The Morgan fingerprint density at radius 2 is 2.04 bits per heavy atom. The van der Waals surface area contributed by atoms with Crippen molar-refractivity contribution in [2.24, 2.45) is 0 Å². The SMILES string of the molecule is CCCCOC(=O)Cc1c(-c2ccc(F)cc2)nc2nc3c(cn12)CCC3. The number of carbonyl (C=O) groups excluding carboxylic acids is 1. The Bertz CT molecular complexity index is 979. The summed E-state index contributed by atoms with van der Waals surface area (Å²) in [5.41, 5.74) is 4.43. The number of fused-ring (bicyclic) bond motifs is 2. The Labute approximate surface area is 157 Å². The highest BCUT2D eigenvalue weighted by molar-refractivity contribution is 5.77. The predicted molar refractivity (Wildman–Crippen MR) is 100.0 cm³/mol. The van der Waals surface area contributed by atoms with Crippen LogP contribution in [-0.2, 0) is 28.8 Å². The lowest BCUT2D eigenvalue weighted by molar-refractivity contribution is -0.143. The van der Waals surface area contributed by atoms with Crippen molar-refractivity contribution in [3.8, 4) is 11.3 Å². The first-order chi connectivity index (χ1) is 13.2. The molecule has 0 bridgehead atoms. The zero-order chi connectivity index (χ0) is 18.8. The molecule has 27 heavy (non-hydrogen) atoms. The minimum Gasteiger partial charge on any atom is -0.465 e. The van der Waals surface area contributed by atoms with Crippen LogP contribution in [0.1, 0.15) is 43.1 Å². The predicted octanol–water partition coefficient (Wildman–Crippen LogP) is 3.91. The molecule has 0 N–H and O–H groups in total. The fourth-order valence-corrected chi connectivity index (χ4v) is 3.49. The summed E-state index contributed by atoms with van der Waals surface area (Å²) in [5, 5.41) is 0. The number of nitrogens with zero attached hydrogens (tertiary/aromatic N) is 3. The van der Waals surface area contributed by atoms with E-state index in [9.17, 15) is 9.18 Å². The number of rotatable bonds is 6. The first-order valence-corrected chi connectivity index (χ1v) is 9.47. The lowest BCUT2D eigenvalue weighted by Crippen LogP contribution is -2.11. The summed E-state index contributed by atoms with van der Waals surface area (Å²) in [7, 11) is 0. The molecule has 0 radical (unpaired) electrons. The maximum Gasteiger partial charge on any atom is 0.311 e. The largest absolute Gasteiger partial charge is 0.465 e. The van der Waals surface area contributed by atoms with E-state index in [0.717, 1.165) is 49.1 Å². The van der Waals surface area contributed by atoms with Gasteiger partial charge < -0.3 is 4.74 Å². The number of imidazole rings is 1. The number of esters is 1.